The summed E-state index contributed by atoms with van der Waals surface area (Å²) in [6, 6.07) is 4.87. The second-order valence-corrected chi connectivity index (χ2v) is 5.06. The molecule has 90 valence electrons. The Balaban J connectivity index is 1.99. The zero-order chi connectivity index (χ0) is 12.3. The van der Waals surface area contributed by atoms with Gasteiger partial charge in [-0.3, -0.25) is 0 Å². The van der Waals surface area contributed by atoms with Crippen LogP contribution < -0.4 is 4.74 Å². The van der Waals surface area contributed by atoms with Crippen LogP contribution in [0.3, 0.4) is 0 Å². The first-order valence-corrected chi connectivity index (χ1v) is 6.68. The highest BCUT2D eigenvalue weighted by Gasteiger charge is 2.09. The lowest BCUT2D eigenvalue weighted by Crippen LogP contribution is -2.01. The van der Waals surface area contributed by atoms with Gasteiger partial charge in [0.1, 0.15) is 5.75 Å². The number of aromatic hydroxyl groups is 1. The molecule has 0 saturated heterocycles. The molecule has 2 rings (SSSR count). The number of ether oxygens (including phenoxy) is 1. The van der Waals surface area contributed by atoms with Gasteiger partial charge in [0, 0.05) is 18.6 Å². The van der Waals surface area contributed by atoms with E-state index in [1.807, 2.05) is 11.4 Å². The third-order valence-corrected chi connectivity index (χ3v) is 3.49. The molecule has 0 aliphatic rings. The molecular weight excluding hydrogens is 279 g/mol. The van der Waals surface area contributed by atoms with E-state index >= 15 is 0 Å². The minimum Gasteiger partial charge on any atom is -0.508 e. The van der Waals surface area contributed by atoms with Crippen LogP contribution in [0.5, 0.6) is 11.5 Å². The second kappa shape index (κ2) is 5.63. The maximum Gasteiger partial charge on any atom is 0.156 e. The van der Waals surface area contributed by atoms with Crippen LogP contribution in [0.25, 0.3) is 0 Å². The Morgan fingerprint density at radius 2 is 1.94 bits per heavy atom. The summed E-state index contributed by atoms with van der Waals surface area (Å²) >= 11 is 13.5. The number of rotatable bonds is 4. The van der Waals surface area contributed by atoms with Gasteiger partial charge in [0.2, 0.25) is 0 Å². The monoisotopic (exact) mass is 288 g/mol. The van der Waals surface area contributed by atoms with Crippen molar-refractivity contribution in [3.63, 3.8) is 0 Å². The van der Waals surface area contributed by atoms with Crippen LogP contribution in [0.4, 0.5) is 0 Å². The van der Waals surface area contributed by atoms with Gasteiger partial charge >= 0.3 is 0 Å². The zero-order valence-corrected chi connectivity index (χ0v) is 11.1. The van der Waals surface area contributed by atoms with Crippen molar-refractivity contribution in [1.29, 1.82) is 0 Å². The fourth-order valence-corrected chi connectivity index (χ4v) is 2.68. The predicted octanol–water partition coefficient (Wildman–Crippen LogP) is 4.38. The predicted molar refractivity (Wildman–Crippen MR) is 71.6 cm³/mol. The Morgan fingerprint density at radius 3 is 2.53 bits per heavy atom. The molecule has 1 aromatic carbocycles. The average molecular weight is 289 g/mol. The van der Waals surface area contributed by atoms with E-state index in [4.69, 9.17) is 27.9 Å². The van der Waals surface area contributed by atoms with Gasteiger partial charge in [-0.1, -0.05) is 23.2 Å². The molecule has 2 aromatic rings. The van der Waals surface area contributed by atoms with E-state index in [0.29, 0.717) is 22.4 Å². The number of hydrogen-bond donors (Lipinski definition) is 1. The standard InChI is InChI=1S/C12H10Cl2O2S/c13-10-5-9(15)6-11(14)12(10)16-3-1-8-2-4-17-7-8/h2,4-7,15H,1,3H2. The van der Waals surface area contributed by atoms with Crippen LogP contribution in [0, 0.1) is 0 Å². The number of hydrogen-bond acceptors (Lipinski definition) is 3. The van der Waals surface area contributed by atoms with E-state index in [2.05, 4.69) is 5.38 Å². The molecule has 0 radical (unpaired) electrons. The molecule has 0 aliphatic heterocycles. The molecule has 0 atom stereocenters. The molecule has 0 spiro atoms. The molecule has 5 heteroatoms. The molecule has 0 fully saturated rings. The van der Waals surface area contributed by atoms with E-state index in [0.717, 1.165) is 6.42 Å². The topological polar surface area (TPSA) is 29.5 Å². The lowest BCUT2D eigenvalue weighted by Gasteiger charge is -2.09. The van der Waals surface area contributed by atoms with Crippen LogP contribution in [0.15, 0.2) is 29.0 Å². The van der Waals surface area contributed by atoms with Crippen LogP contribution in [-0.4, -0.2) is 11.7 Å². The number of halogens is 2. The van der Waals surface area contributed by atoms with E-state index in [-0.39, 0.29) is 5.75 Å². The van der Waals surface area contributed by atoms with Crippen molar-refractivity contribution in [2.45, 2.75) is 6.42 Å². The van der Waals surface area contributed by atoms with Crippen LogP contribution in [0.2, 0.25) is 10.0 Å². The van der Waals surface area contributed by atoms with Crippen molar-refractivity contribution in [2.75, 3.05) is 6.61 Å². The lowest BCUT2D eigenvalue weighted by atomic mass is 10.2. The summed E-state index contributed by atoms with van der Waals surface area (Å²) in [5.74, 6) is 0.451. The average Bonchev–Trinajstić information content (AvgIpc) is 2.74. The number of phenolic OH excluding ortho intramolecular Hbond substituents is 1. The van der Waals surface area contributed by atoms with E-state index in [1.54, 1.807) is 11.3 Å². The van der Waals surface area contributed by atoms with E-state index in [9.17, 15) is 5.11 Å². The van der Waals surface area contributed by atoms with Crippen molar-refractivity contribution in [1.82, 2.24) is 0 Å². The van der Waals surface area contributed by atoms with Gasteiger partial charge in [0.05, 0.1) is 16.7 Å². The molecule has 2 nitrogen and oxygen atoms in total. The summed E-state index contributed by atoms with van der Waals surface area (Å²) < 4.78 is 5.53. The molecule has 1 N–H and O–H groups in total. The fourth-order valence-electron chi connectivity index (χ4n) is 1.39. The Hall–Kier alpha value is -0.900. The van der Waals surface area contributed by atoms with Crippen molar-refractivity contribution < 1.29 is 9.84 Å². The normalized spacial score (nSPS) is 10.5. The molecule has 0 saturated carbocycles. The van der Waals surface area contributed by atoms with E-state index < -0.39 is 0 Å². The summed E-state index contributed by atoms with van der Waals surface area (Å²) in [7, 11) is 0. The first-order chi connectivity index (χ1) is 8.16. The summed E-state index contributed by atoms with van der Waals surface area (Å²) in [6.45, 7) is 0.501. The van der Waals surface area contributed by atoms with E-state index in [1.165, 1.54) is 17.7 Å². The molecule has 0 unspecified atom stereocenters. The number of thiophene rings is 1. The quantitative estimate of drug-likeness (QED) is 0.905. The molecule has 0 amide bonds. The second-order valence-electron chi connectivity index (χ2n) is 3.47. The SMILES string of the molecule is Oc1cc(Cl)c(OCCc2ccsc2)c(Cl)c1. The Labute approximate surface area is 113 Å². The summed E-state index contributed by atoms with van der Waals surface area (Å²) in [6.07, 6.45) is 0.803. The lowest BCUT2D eigenvalue weighted by molar-refractivity contribution is 0.322. The smallest absolute Gasteiger partial charge is 0.156 e. The Bertz CT molecular complexity index is 474. The molecule has 1 heterocycles. The summed E-state index contributed by atoms with van der Waals surface area (Å²) in [5.41, 5.74) is 1.22. The zero-order valence-electron chi connectivity index (χ0n) is 8.82. The molecular formula is C12H10Cl2O2S. The first kappa shape index (κ1) is 12.6. The van der Waals surface area contributed by atoms with Gasteiger partial charge in [0.25, 0.3) is 0 Å². The third kappa shape index (κ3) is 3.28. The van der Waals surface area contributed by atoms with Crippen LogP contribution in [0.1, 0.15) is 5.56 Å². The molecule has 1 aromatic heterocycles. The molecule has 0 bridgehead atoms. The Kier molecular flexibility index (Phi) is 4.15. The highest BCUT2D eigenvalue weighted by molar-refractivity contribution is 7.07. The summed E-state index contributed by atoms with van der Waals surface area (Å²) in [4.78, 5) is 0. The van der Waals surface area contributed by atoms with Crippen molar-refractivity contribution in [3.8, 4) is 11.5 Å². The van der Waals surface area contributed by atoms with Crippen LogP contribution in [-0.2, 0) is 6.42 Å². The Morgan fingerprint density at radius 1 is 1.24 bits per heavy atom. The summed E-state index contributed by atoms with van der Waals surface area (Å²) in [5, 5.41) is 14.0. The van der Waals surface area contributed by atoms with Crippen molar-refractivity contribution in [3.05, 3.63) is 44.6 Å². The number of benzene rings is 1. The maximum absolute atomic E-state index is 9.27. The third-order valence-electron chi connectivity index (χ3n) is 2.20. The maximum atomic E-state index is 9.27. The van der Waals surface area contributed by atoms with Gasteiger partial charge in [-0.15, -0.1) is 0 Å². The van der Waals surface area contributed by atoms with Gasteiger partial charge in [-0.25, -0.2) is 0 Å². The minimum atomic E-state index is 0.0326. The highest BCUT2D eigenvalue weighted by atomic mass is 35.5. The molecule has 0 aliphatic carbocycles. The van der Waals surface area contributed by atoms with Crippen LogP contribution >= 0.6 is 34.5 Å². The van der Waals surface area contributed by atoms with Gasteiger partial charge in [-0.05, 0) is 22.4 Å². The fraction of sp³-hybridized carbons (Fsp3) is 0.167. The van der Waals surface area contributed by atoms with Gasteiger partial charge < -0.3 is 9.84 Å². The largest absolute Gasteiger partial charge is 0.508 e. The van der Waals surface area contributed by atoms with Crippen molar-refractivity contribution >= 4 is 34.5 Å². The minimum absolute atomic E-state index is 0.0326. The van der Waals surface area contributed by atoms with Gasteiger partial charge in [0.15, 0.2) is 5.75 Å². The number of phenols is 1. The first-order valence-electron chi connectivity index (χ1n) is 4.98. The molecule has 17 heavy (non-hydrogen) atoms. The van der Waals surface area contributed by atoms with Gasteiger partial charge in [-0.2, -0.15) is 11.3 Å². The highest BCUT2D eigenvalue weighted by Crippen LogP contribution is 2.36. The van der Waals surface area contributed by atoms with Crippen molar-refractivity contribution in [2.24, 2.45) is 0 Å².